The predicted octanol–water partition coefficient (Wildman–Crippen LogP) is -1.19. The zero-order chi connectivity index (χ0) is 0. The Hall–Kier alpha value is 3.14. The smallest absolute Gasteiger partial charge is 0 e. The Bertz CT molecular complexity index is 8.00. The van der Waals surface area contributed by atoms with E-state index in [-0.39, 0.29) is 95.7 Å². The molecule has 0 atom stereocenters. The molecule has 0 bridgehead atoms. The molecule has 2 radical (unpaired) electrons. The summed E-state index contributed by atoms with van der Waals surface area (Å²) >= 11 is 0. The van der Waals surface area contributed by atoms with E-state index in [1.165, 1.54) is 0 Å². The Labute approximate surface area is 93.7 Å². The minimum absolute atomic E-state index is 0. The van der Waals surface area contributed by atoms with Gasteiger partial charge in [-0.3, -0.25) is 0 Å². The molecular weight excluding hydrogens is 256 g/mol. The zero-order valence-electron chi connectivity index (χ0n) is 1.56. The summed E-state index contributed by atoms with van der Waals surface area (Å²) in [6, 6.07) is 0. The molecule has 0 saturated carbocycles. The first-order valence-corrected chi connectivity index (χ1v) is 0. The second-order valence-electron chi connectivity index (χ2n) is 0. The van der Waals surface area contributed by atoms with Gasteiger partial charge in [0.2, 0.25) is 0 Å². The summed E-state index contributed by atoms with van der Waals surface area (Å²) in [6.07, 6.45) is 0. The average molecular weight is 259 g/mol. The van der Waals surface area contributed by atoms with Gasteiger partial charge in [0.05, 0.1) is 0 Å². The molecule has 18 valence electrons. The molecule has 0 aromatic heterocycles. The van der Waals surface area contributed by atoms with Crippen LogP contribution in [0, 0.1) is 0 Å². The molecule has 0 nitrogen and oxygen atoms in total. The van der Waals surface area contributed by atoms with E-state index < -0.39 is 0 Å². The molecule has 0 aromatic rings. The van der Waals surface area contributed by atoms with Gasteiger partial charge in [0.25, 0.3) is 0 Å². The molecule has 0 rings (SSSR count). The fourth-order valence-corrected chi connectivity index (χ4v) is 0. The van der Waals surface area contributed by atoms with Crippen molar-refractivity contribution in [1.29, 1.82) is 0 Å². The van der Waals surface area contributed by atoms with Gasteiger partial charge in [-0.25, -0.2) is 0 Å². The van der Waals surface area contributed by atoms with Crippen molar-refractivity contribution < 1.29 is 75.9 Å². The van der Waals surface area contributed by atoms with Crippen LogP contribution in [0.5, 0.6) is 0 Å². The van der Waals surface area contributed by atoms with Crippen LogP contribution in [0.15, 0.2) is 0 Å². The van der Waals surface area contributed by atoms with Crippen LogP contribution < -0.4 is 0 Å². The van der Waals surface area contributed by atoms with Gasteiger partial charge in [-0.2, -0.15) is 0 Å². The first-order chi connectivity index (χ1) is 0. The first kappa shape index (κ1) is 27.3. The summed E-state index contributed by atoms with van der Waals surface area (Å²) in [5.41, 5.74) is 0. The first-order valence-electron chi connectivity index (χ1n) is 0. The summed E-state index contributed by atoms with van der Waals surface area (Å²) < 4.78 is 0. The van der Waals surface area contributed by atoms with Gasteiger partial charge in [0.1, 0.15) is 0 Å². The maximum atomic E-state index is 0. The van der Waals surface area contributed by atoms with Gasteiger partial charge in [-0.05, 0) is 0 Å². The van der Waals surface area contributed by atoms with E-state index in [1.54, 1.807) is 0 Å². The third kappa shape index (κ3) is 8.94. The largest absolute Gasteiger partial charge is 0 e. The van der Waals surface area contributed by atoms with Gasteiger partial charge >= 0.3 is 19.8 Å². The Morgan fingerprint density at radius 3 is 1.00 bits per heavy atom. The van der Waals surface area contributed by atoms with Crippen LogP contribution in [-0.2, 0) is 75.9 Å². The molecule has 0 saturated heterocycles. The Morgan fingerprint density at radius 1 is 1.00 bits per heavy atom. The number of hydrogen-bond acceptors (Lipinski definition) is 0. The van der Waals surface area contributed by atoms with E-state index >= 15 is 0 Å². The number of rotatable bonds is 0. The summed E-state index contributed by atoms with van der Waals surface area (Å²) in [4.78, 5) is 0. The average Bonchev–Trinajstić information content (AvgIpc) is 0. The maximum Gasteiger partial charge on any atom is 0 e. The van der Waals surface area contributed by atoms with E-state index in [0.717, 1.165) is 0 Å². The fraction of sp³-hybridized carbons (Fsp3) is 0. The topological polar surface area (TPSA) is 0 Å². The summed E-state index contributed by atoms with van der Waals surface area (Å²) in [5, 5.41) is 0. The van der Waals surface area contributed by atoms with Gasteiger partial charge in [0, 0.05) is 75.9 Å². The monoisotopic (exact) mass is 258 g/mol. The molecule has 0 heterocycles. The van der Waals surface area contributed by atoms with Crippen molar-refractivity contribution in [2.45, 2.75) is 0 Å². The Kier molecular flexibility index (Phi) is 112. The molecule has 0 aliphatic rings. The summed E-state index contributed by atoms with van der Waals surface area (Å²) in [6.45, 7) is 0. The van der Waals surface area contributed by atoms with Crippen molar-refractivity contribution in [1.82, 2.24) is 0 Å². The van der Waals surface area contributed by atoms with E-state index in [9.17, 15) is 0 Å². The normalized spacial score (nSPS) is 0. The molecule has 0 N–H and O–H groups in total. The van der Waals surface area contributed by atoms with Crippen LogP contribution in [0.4, 0.5) is 0 Å². The fourth-order valence-electron chi connectivity index (χ4n) is 0. The second kappa shape index (κ2) is 16.4. The van der Waals surface area contributed by atoms with Crippen molar-refractivity contribution in [2.75, 3.05) is 0 Å². The molecule has 0 amide bonds. The quantitative estimate of drug-likeness (QED) is 0.480. The predicted molar refractivity (Wildman–Crippen MR) is 9.94 cm³/mol. The van der Waals surface area contributed by atoms with Crippen molar-refractivity contribution in [2.24, 2.45) is 0 Å². The van der Waals surface area contributed by atoms with E-state index in [1.807, 2.05) is 0 Å². The van der Waals surface area contributed by atoms with Gasteiger partial charge in [0.15, 0.2) is 0 Å². The summed E-state index contributed by atoms with van der Waals surface area (Å²) in [5.74, 6) is 0. The molecular formula is H3CrGaScY. The minimum Gasteiger partial charge on any atom is 0 e. The molecule has 0 aliphatic heterocycles. The van der Waals surface area contributed by atoms with Gasteiger partial charge in [-0.15, -0.1) is 0 Å². The van der Waals surface area contributed by atoms with Crippen LogP contribution >= 0.6 is 0 Å². The van der Waals surface area contributed by atoms with Crippen LogP contribution in [0.3, 0.4) is 0 Å². The van der Waals surface area contributed by atoms with Crippen LogP contribution in [0.25, 0.3) is 0 Å². The van der Waals surface area contributed by atoms with Crippen LogP contribution in [0.2, 0.25) is 0 Å². The molecule has 0 fully saturated rings. The standard InChI is InChI=1S/Cr.Ga.Sc.Y.3H. The third-order valence-electron chi connectivity index (χ3n) is 0. The van der Waals surface area contributed by atoms with Crippen molar-refractivity contribution in [3.63, 3.8) is 0 Å². The SMILES string of the molecule is [Cr].[GaH3].[Sc].[Y]. The van der Waals surface area contributed by atoms with E-state index in [0.29, 0.717) is 0 Å². The number of hydrogen-bond donors (Lipinski definition) is 0. The second-order valence-corrected chi connectivity index (χ2v) is 0. The maximum absolute atomic E-state index is 0. The minimum atomic E-state index is 0. The van der Waals surface area contributed by atoms with Crippen molar-refractivity contribution in [3.05, 3.63) is 0 Å². The van der Waals surface area contributed by atoms with Crippen molar-refractivity contribution >= 4 is 19.8 Å². The Balaban J connectivity index is 0. The van der Waals surface area contributed by atoms with E-state index in [4.69, 9.17) is 0 Å². The molecule has 0 aromatic carbocycles. The van der Waals surface area contributed by atoms with E-state index in [2.05, 4.69) is 0 Å². The molecule has 0 aliphatic carbocycles. The van der Waals surface area contributed by atoms with Crippen molar-refractivity contribution in [3.8, 4) is 0 Å². The summed E-state index contributed by atoms with van der Waals surface area (Å²) in [7, 11) is 0. The van der Waals surface area contributed by atoms with Gasteiger partial charge in [-0.1, -0.05) is 0 Å². The van der Waals surface area contributed by atoms with Crippen LogP contribution in [0.1, 0.15) is 0 Å². The zero-order valence-corrected chi connectivity index (χ0v) is 7.48. The van der Waals surface area contributed by atoms with Gasteiger partial charge < -0.3 is 0 Å². The molecule has 4 heavy (non-hydrogen) atoms. The molecule has 4 heteroatoms. The molecule has 0 spiro atoms. The Morgan fingerprint density at radius 2 is 1.00 bits per heavy atom. The third-order valence-corrected chi connectivity index (χ3v) is 0. The van der Waals surface area contributed by atoms with Crippen LogP contribution in [-0.4, -0.2) is 19.8 Å². The molecule has 0 unspecified atom stereocenters.